The van der Waals surface area contributed by atoms with Gasteiger partial charge in [-0.15, -0.1) is 0 Å². The Balaban J connectivity index is 1.75. The quantitative estimate of drug-likeness (QED) is 0.830. The average Bonchev–Trinajstić information content (AvgIpc) is 2.60. The predicted octanol–water partition coefficient (Wildman–Crippen LogP) is 4.74. The van der Waals surface area contributed by atoms with Gasteiger partial charge in [-0.1, -0.05) is 37.3 Å². The van der Waals surface area contributed by atoms with Crippen molar-refractivity contribution in [2.24, 2.45) is 0 Å². The molecule has 1 aliphatic heterocycles. The van der Waals surface area contributed by atoms with Crippen molar-refractivity contribution in [3.05, 3.63) is 59.2 Å². The molecule has 2 aromatic rings. The SMILES string of the molecule is CCc1ccccc1O[C@H](C)C(=O)N[C@H]1CC(C)(C)Oc2cc(C)ccc21. The lowest BCUT2D eigenvalue weighted by atomic mass is 9.89. The van der Waals surface area contributed by atoms with Crippen molar-refractivity contribution >= 4 is 5.91 Å². The summed E-state index contributed by atoms with van der Waals surface area (Å²) >= 11 is 0. The van der Waals surface area contributed by atoms with Gasteiger partial charge in [-0.05, 0) is 57.4 Å². The molecule has 0 bridgehead atoms. The Morgan fingerprint density at radius 2 is 2.04 bits per heavy atom. The van der Waals surface area contributed by atoms with E-state index < -0.39 is 6.10 Å². The third kappa shape index (κ3) is 4.44. The molecule has 1 heterocycles. The minimum atomic E-state index is -0.572. The summed E-state index contributed by atoms with van der Waals surface area (Å²) in [5.74, 6) is 1.50. The Kier molecular flexibility index (Phi) is 5.45. The van der Waals surface area contributed by atoms with Gasteiger partial charge >= 0.3 is 0 Å². The molecule has 4 nitrogen and oxygen atoms in total. The standard InChI is InChI=1S/C23H29NO3/c1-6-17-9-7-8-10-20(17)26-16(3)22(25)24-19-14-23(4,5)27-21-13-15(2)11-12-18(19)21/h7-13,16,19H,6,14H2,1-5H3,(H,24,25)/t16-,19+/m1/s1. The van der Waals surface area contributed by atoms with Gasteiger partial charge in [0.1, 0.15) is 17.1 Å². The van der Waals surface area contributed by atoms with Crippen molar-refractivity contribution in [1.82, 2.24) is 5.32 Å². The van der Waals surface area contributed by atoms with E-state index in [1.807, 2.05) is 43.3 Å². The van der Waals surface area contributed by atoms with Gasteiger partial charge in [-0.2, -0.15) is 0 Å². The zero-order valence-electron chi connectivity index (χ0n) is 16.8. The first-order chi connectivity index (χ1) is 12.8. The van der Waals surface area contributed by atoms with Crippen molar-refractivity contribution in [3.63, 3.8) is 0 Å². The van der Waals surface area contributed by atoms with Crippen LogP contribution < -0.4 is 14.8 Å². The molecular weight excluding hydrogens is 338 g/mol. The molecule has 2 aromatic carbocycles. The highest BCUT2D eigenvalue weighted by Gasteiger charge is 2.35. The van der Waals surface area contributed by atoms with Gasteiger partial charge in [0.15, 0.2) is 6.10 Å². The number of ether oxygens (including phenoxy) is 2. The first-order valence-electron chi connectivity index (χ1n) is 9.63. The van der Waals surface area contributed by atoms with Gasteiger partial charge in [-0.25, -0.2) is 0 Å². The lowest BCUT2D eigenvalue weighted by molar-refractivity contribution is -0.128. The number of amides is 1. The molecule has 0 aliphatic carbocycles. The molecule has 0 unspecified atom stereocenters. The highest BCUT2D eigenvalue weighted by atomic mass is 16.5. The molecule has 0 saturated heterocycles. The lowest BCUT2D eigenvalue weighted by Gasteiger charge is -2.38. The van der Waals surface area contributed by atoms with E-state index in [1.165, 1.54) is 0 Å². The summed E-state index contributed by atoms with van der Waals surface area (Å²) in [6.07, 6.45) is 1.01. The van der Waals surface area contributed by atoms with E-state index >= 15 is 0 Å². The van der Waals surface area contributed by atoms with Crippen molar-refractivity contribution in [1.29, 1.82) is 0 Å². The fourth-order valence-electron chi connectivity index (χ4n) is 3.53. The van der Waals surface area contributed by atoms with Gasteiger partial charge in [0, 0.05) is 12.0 Å². The Morgan fingerprint density at radius 3 is 2.78 bits per heavy atom. The molecule has 27 heavy (non-hydrogen) atoms. The van der Waals surface area contributed by atoms with Gasteiger partial charge in [0.05, 0.1) is 6.04 Å². The Bertz CT molecular complexity index is 828. The molecule has 1 N–H and O–H groups in total. The summed E-state index contributed by atoms with van der Waals surface area (Å²) < 4.78 is 12.1. The maximum Gasteiger partial charge on any atom is 0.261 e. The van der Waals surface area contributed by atoms with E-state index in [2.05, 4.69) is 32.2 Å². The van der Waals surface area contributed by atoms with E-state index in [0.29, 0.717) is 6.42 Å². The van der Waals surface area contributed by atoms with Crippen LogP contribution in [0.5, 0.6) is 11.5 Å². The first kappa shape index (κ1) is 19.3. The summed E-state index contributed by atoms with van der Waals surface area (Å²) in [6.45, 7) is 10.0. The van der Waals surface area contributed by atoms with Crippen LogP contribution in [0.1, 0.15) is 56.8 Å². The van der Waals surface area contributed by atoms with Crippen molar-refractivity contribution in [2.45, 2.75) is 65.2 Å². The summed E-state index contributed by atoms with van der Waals surface area (Å²) in [6, 6.07) is 13.9. The number of benzene rings is 2. The van der Waals surface area contributed by atoms with Gasteiger partial charge in [0.25, 0.3) is 5.91 Å². The van der Waals surface area contributed by atoms with Crippen LogP contribution in [0.4, 0.5) is 0 Å². The highest BCUT2D eigenvalue weighted by molar-refractivity contribution is 5.81. The van der Waals surface area contributed by atoms with Crippen LogP contribution in [-0.2, 0) is 11.2 Å². The van der Waals surface area contributed by atoms with Gasteiger partial charge in [0.2, 0.25) is 0 Å². The van der Waals surface area contributed by atoms with Crippen LogP contribution >= 0.6 is 0 Å². The maximum absolute atomic E-state index is 12.8. The lowest BCUT2D eigenvalue weighted by Crippen LogP contribution is -2.44. The number of hydrogen-bond acceptors (Lipinski definition) is 3. The van der Waals surface area contributed by atoms with Gasteiger partial charge < -0.3 is 14.8 Å². The molecule has 3 rings (SSSR count). The zero-order chi connectivity index (χ0) is 19.6. The van der Waals surface area contributed by atoms with Crippen LogP contribution in [0.15, 0.2) is 42.5 Å². The molecule has 0 radical (unpaired) electrons. The molecule has 1 amide bonds. The zero-order valence-corrected chi connectivity index (χ0v) is 16.8. The molecule has 0 fully saturated rings. The Hall–Kier alpha value is -2.49. The summed E-state index contributed by atoms with van der Waals surface area (Å²) in [7, 11) is 0. The predicted molar refractivity (Wildman–Crippen MR) is 107 cm³/mol. The number of carbonyl (C=O) groups excluding carboxylic acids is 1. The number of para-hydroxylation sites is 1. The maximum atomic E-state index is 12.8. The molecule has 0 saturated carbocycles. The smallest absolute Gasteiger partial charge is 0.261 e. The van der Waals surface area contributed by atoms with Crippen LogP contribution in [-0.4, -0.2) is 17.6 Å². The van der Waals surface area contributed by atoms with Gasteiger partial charge in [-0.3, -0.25) is 4.79 Å². The van der Waals surface area contributed by atoms with E-state index in [-0.39, 0.29) is 17.6 Å². The fourth-order valence-corrected chi connectivity index (χ4v) is 3.53. The normalized spacial score (nSPS) is 18.8. The molecule has 0 aromatic heterocycles. The number of fused-ring (bicyclic) bond motifs is 1. The van der Waals surface area contributed by atoms with Crippen molar-refractivity contribution in [3.8, 4) is 11.5 Å². The van der Waals surface area contributed by atoms with Crippen LogP contribution in [0.3, 0.4) is 0 Å². The largest absolute Gasteiger partial charge is 0.487 e. The van der Waals surface area contributed by atoms with Crippen LogP contribution in [0.2, 0.25) is 0 Å². The van der Waals surface area contributed by atoms with Crippen molar-refractivity contribution < 1.29 is 14.3 Å². The molecule has 144 valence electrons. The summed E-state index contributed by atoms with van der Waals surface area (Å²) in [5.41, 5.74) is 2.93. The van der Waals surface area contributed by atoms with E-state index in [0.717, 1.165) is 34.6 Å². The number of carbonyl (C=O) groups is 1. The van der Waals surface area contributed by atoms with E-state index in [4.69, 9.17) is 9.47 Å². The molecular formula is C23H29NO3. The van der Waals surface area contributed by atoms with E-state index in [9.17, 15) is 4.79 Å². The number of aryl methyl sites for hydroxylation is 2. The third-order valence-electron chi connectivity index (χ3n) is 4.97. The molecule has 0 spiro atoms. The molecule has 1 aliphatic rings. The minimum absolute atomic E-state index is 0.0932. The summed E-state index contributed by atoms with van der Waals surface area (Å²) in [5, 5.41) is 3.16. The fraction of sp³-hybridized carbons (Fsp3) is 0.435. The van der Waals surface area contributed by atoms with Crippen molar-refractivity contribution in [2.75, 3.05) is 0 Å². The minimum Gasteiger partial charge on any atom is -0.487 e. The average molecular weight is 367 g/mol. The number of nitrogens with one attached hydrogen (secondary N) is 1. The second-order valence-electron chi connectivity index (χ2n) is 7.89. The van der Waals surface area contributed by atoms with E-state index in [1.54, 1.807) is 6.92 Å². The molecule has 2 atom stereocenters. The Morgan fingerprint density at radius 1 is 1.30 bits per heavy atom. The Labute approximate surface area is 161 Å². The first-order valence-corrected chi connectivity index (χ1v) is 9.63. The number of hydrogen-bond donors (Lipinski definition) is 1. The van der Waals surface area contributed by atoms with Crippen LogP contribution in [0.25, 0.3) is 0 Å². The number of rotatable bonds is 5. The summed E-state index contributed by atoms with van der Waals surface area (Å²) in [4.78, 5) is 12.8. The second-order valence-corrected chi connectivity index (χ2v) is 7.89. The second kappa shape index (κ2) is 7.63. The third-order valence-corrected chi connectivity index (χ3v) is 4.97. The molecule has 4 heteroatoms. The topological polar surface area (TPSA) is 47.6 Å². The van der Waals surface area contributed by atoms with Crippen LogP contribution in [0, 0.1) is 6.92 Å². The monoisotopic (exact) mass is 367 g/mol. The highest BCUT2D eigenvalue weighted by Crippen LogP contribution is 2.40.